The summed E-state index contributed by atoms with van der Waals surface area (Å²) in [6.07, 6.45) is 11.4. The molecule has 1 N–H and O–H groups in total. The van der Waals surface area contributed by atoms with Crippen LogP contribution in [0.4, 0.5) is 0 Å². The first-order valence-corrected chi connectivity index (χ1v) is 7.15. The van der Waals surface area contributed by atoms with E-state index in [4.69, 9.17) is 0 Å². The Morgan fingerprint density at radius 2 is 1.81 bits per heavy atom. The number of hydrogen-bond donors (Lipinski definition) is 1. The lowest BCUT2D eigenvalue weighted by atomic mass is 9.97. The molecule has 94 valence electrons. The van der Waals surface area contributed by atoms with Crippen LogP contribution in [0, 0.1) is 0 Å². The zero-order valence-electron chi connectivity index (χ0n) is 11.1. The van der Waals surface area contributed by atoms with E-state index in [1.807, 2.05) is 0 Å². The summed E-state index contributed by atoms with van der Waals surface area (Å²) in [6.45, 7) is 4.85. The highest BCUT2D eigenvalue weighted by molar-refractivity contribution is 4.92. The largest absolute Gasteiger partial charge is 0.310 e. The van der Waals surface area contributed by atoms with Crippen molar-refractivity contribution in [2.45, 2.75) is 69.9 Å². The van der Waals surface area contributed by atoms with Crippen molar-refractivity contribution in [2.24, 2.45) is 0 Å². The normalized spacial score (nSPS) is 33.2. The van der Waals surface area contributed by atoms with Gasteiger partial charge in [0.2, 0.25) is 0 Å². The fourth-order valence-corrected chi connectivity index (χ4v) is 3.47. The summed E-state index contributed by atoms with van der Waals surface area (Å²) < 4.78 is 0. The van der Waals surface area contributed by atoms with E-state index in [1.165, 1.54) is 64.5 Å². The van der Waals surface area contributed by atoms with Crippen LogP contribution in [0.15, 0.2) is 0 Å². The molecule has 16 heavy (non-hydrogen) atoms. The van der Waals surface area contributed by atoms with Gasteiger partial charge in [-0.05, 0) is 46.2 Å². The smallest absolute Gasteiger partial charge is 0.0280 e. The van der Waals surface area contributed by atoms with Gasteiger partial charge in [0, 0.05) is 18.1 Å². The molecule has 1 aliphatic heterocycles. The monoisotopic (exact) mass is 224 g/mol. The Hall–Kier alpha value is -0.0800. The molecule has 0 radical (unpaired) electrons. The third-order valence-corrected chi connectivity index (χ3v) is 4.50. The molecular weight excluding hydrogens is 196 g/mol. The second-order valence-electron chi connectivity index (χ2n) is 6.15. The standard InChI is InChI=1S/C14H28N2/c1-14(10-7-11-15-14)12-16(2)13-8-5-3-4-6-9-13/h13,15H,3-12H2,1-2H3. The molecule has 1 saturated heterocycles. The first-order chi connectivity index (χ1) is 7.70. The van der Waals surface area contributed by atoms with E-state index in [-0.39, 0.29) is 0 Å². The van der Waals surface area contributed by atoms with Crippen molar-refractivity contribution in [3.05, 3.63) is 0 Å². The Morgan fingerprint density at radius 3 is 2.38 bits per heavy atom. The first kappa shape index (κ1) is 12.4. The zero-order chi connectivity index (χ0) is 11.4. The Labute approximate surface area is 101 Å². The Kier molecular flexibility index (Phi) is 4.26. The summed E-state index contributed by atoms with van der Waals surface area (Å²) in [5.74, 6) is 0. The van der Waals surface area contributed by atoms with Crippen LogP contribution in [-0.2, 0) is 0 Å². The molecule has 1 heterocycles. The van der Waals surface area contributed by atoms with Crippen LogP contribution in [0.2, 0.25) is 0 Å². The van der Waals surface area contributed by atoms with Gasteiger partial charge < -0.3 is 10.2 Å². The summed E-state index contributed by atoms with van der Waals surface area (Å²) in [7, 11) is 2.33. The Morgan fingerprint density at radius 1 is 1.12 bits per heavy atom. The van der Waals surface area contributed by atoms with E-state index in [9.17, 15) is 0 Å². The van der Waals surface area contributed by atoms with Crippen molar-refractivity contribution in [3.8, 4) is 0 Å². The summed E-state index contributed by atoms with van der Waals surface area (Å²) in [5, 5.41) is 3.68. The van der Waals surface area contributed by atoms with E-state index in [0.29, 0.717) is 5.54 Å². The van der Waals surface area contributed by atoms with Gasteiger partial charge in [-0.3, -0.25) is 0 Å². The molecule has 1 aliphatic carbocycles. The molecule has 0 amide bonds. The van der Waals surface area contributed by atoms with Crippen LogP contribution in [0.5, 0.6) is 0 Å². The number of nitrogens with zero attached hydrogens (tertiary/aromatic N) is 1. The maximum absolute atomic E-state index is 3.68. The molecule has 2 nitrogen and oxygen atoms in total. The molecule has 2 rings (SSSR count). The third kappa shape index (κ3) is 3.21. The van der Waals surface area contributed by atoms with E-state index in [2.05, 4.69) is 24.2 Å². The average molecular weight is 224 g/mol. The van der Waals surface area contributed by atoms with Crippen molar-refractivity contribution in [2.75, 3.05) is 20.1 Å². The molecule has 0 aromatic heterocycles. The number of rotatable bonds is 3. The number of hydrogen-bond acceptors (Lipinski definition) is 2. The van der Waals surface area contributed by atoms with Gasteiger partial charge in [-0.1, -0.05) is 25.7 Å². The fourth-order valence-electron chi connectivity index (χ4n) is 3.47. The van der Waals surface area contributed by atoms with Crippen LogP contribution in [-0.4, -0.2) is 36.6 Å². The topological polar surface area (TPSA) is 15.3 Å². The molecule has 1 unspecified atom stereocenters. The molecule has 1 saturated carbocycles. The summed E-state index contributed by atoms with van der Waals surface area (Å²) >= 11 is 0. The number of likely N-dealkylation sites (N-methyl/N-ethyl adjacent to an activating group) is 1. The van der Waals surface area contributed by atoms with Gasteiger partial charge in [0.15, 0.2) is 0 Å². The molecule has 0 aromatic rings. The molecule has 0 aromatic carbocycles. The van der Waals surface area contributed by atoms with E-state index in [1.54, 1.807) is 0 Å². The van der Waals surface area contributed by atoms with Crippen molar-refractivity contribution in [1.82, 2.24) is 10.2 Å². The van der Waals surface area contributed by atoms with Crippen molar-refractivity contribution < 1.29 is 0 Å². The molecule has 2 heteroatoms. The summed E-state index contributed by atoms with van der Waals surface area (Å²) in [6, 6.07) is 0.849. The second-order valence-corrected chi connectivity index (χ2v) is 6.15. The highest BCUT2D eigenvalue weighted by Gasteiger charge is 2.31. The van der Waals surface area contributed by atoms with Gasteiger partial charge in [-0.2, -0.15) is 0 Å². The Balaban J connectivity index is 1.83. The lowest BCUT2D eigenvalue weighted by molar-refractivity contribution is 0.169. The molecular formula is C14H28N2. The van der Waals surface area contributed by atoms with E-state index >= 15 is 0 Å². The summed E-state index contributed by atoms with van der Waals surface area (Å²) in [5.41, 5.74) is 0.390. The quantitative estimate of drug-likeness (QED) is 0.742. The maximum Gasteiger partial charge on any atom is 0.0280 e. The molecule has 1 atom stereocenters. The molecule has 2 aliphatic rings. The van der Waals surface area contributed by atoms with Crippen LogP contribution in [0.3, 0.4) is 0 Å². The number of nitrogens with one attached hydrogen (secondary N) is 1. The second kappa shape index (κ2) is 5.50. The van der Waals surface area contributed by atoms with Gasteiger partial charge >= 0.3 is 0 Å². The average Bonchev–Trinajstić information content (AvgIpc) is 2.56. The molecule has 0 bridgehead atoms. The fraction of sp³-hybridized carbons (Fsp3) is 1.00. The SMILES string of the molecule is CN(CC1(C)CCCN1)C1CCCCCC1. The lowest BCUT2D eigenvalue weighted by Gasteiger charge is -2.35. The van der Waals surface area contributed by atoms with Crippen LogP contribution < -0.4 is 5.32 Å². The minimum absolute atomic E-state index is 0.390. The van der Waals surface area contributed by atoms with Crippen LogP contribution in [0.1, 0.15) is 58.3 Å². The minimum atomic E-state index is 0.390. The van der Waals surface area contributed by atoms with Crippen LogP contribution >= 0.6 is 0 Å². The lowest BCUT2D eigenvalue weighted by Crippen LogP contribution is -2.49. The zero-order valence-corrected chi connectivity index (χ0v) is 11.1. The predicted molar refractivity (Wildman–Crippen MR) is 69.8 cm³/mol. The van der Waals surface area contributed by atoms with Crippen molar-refractivity contribution in [1.29, 1.82) is 0 Å². The van der Waals surface area contributed by atoms with Gasteiger partial charge in [-0.25, -0.2) is 0 Å². The van der Waals surface area contributed by atoms with E-state index in [0.717, 1.165) is 6.04 Å². The van der Waals surface area contributed by atoms with E-state index < -0.39 is 0 Å². The third-order valence-electron chi connectivity index (χ3n) is 4.50. The first-order valence-electron chi connectivity index (χ1n) is 7.15. The van der Waals surface area contributed by atoms with Gasteiger partial charge in [0.25, 0.3) is 0 Å². The van der Waals surface area contributed by atoms with Crippen molar-refractivity contribution >= 4 is 0 Å². The molecule has 2 fully saturated rings. The van der Waals surface area contributed by atoms with Gasteiger partial charge in [-0.15, -0.1) is 0 Å². The molecule has 0 spiro atoms. The highest BCUT2D eigenvalue weighted by atomic mass is 15.2. The minimum Gasteiger partial charge on any atom is -0.310 e. The predicted octanol–water partition coefficient (Wildman–Crippen LogP) is 2.78. The highest BCUT2D eigenvalue weighted by Crippen LogP contribution is 2.25. The maximum atomic E-state index is 3.68. The van der Waals surface area contributed by atoms with Gasteiger partial charge in [0.1, 0.15) is 0 Å². The Bertz CT molecular complexity index is 201. The van der Waals surface area contributed by atoms with Crippen molar-refractivity contribution in [3.63, 3.8) is 0 Å². The van der Waals surface area contributed by atoms with Crippen LogP contribution in [0.25, 0.3) is 0 Å². The summed E-state index contributed by atoms with van der Waals surface area (Å²) in [4.78, 5) is 2.63. The van der Waals surface area contributed by atoms with Gasteiger partial charge in [0.05, 0.1) is 0 Å².